The van der Waals surface area contributed by atoms with E-state index in [1.807, 2.05) is 0 Å². The van der Waals surface area contributed by atoms with Crippen molar-refractivity contribution in [1.82, 2.24) is 4.90 Å². The maximum Gasteiger partial charge on any atom is 0.328 e. The van der Waals surface area contributed by atoms with Gasteiger partial charge in [0.1, 0.15) is 0 Å². The molecule has 2 aliphatic rings. The van der Waals surface area contributed by atoms with E-state index in [9.17, 15) is 14.7 Å². The summed E-state index contributed by atoms with van der Waals surface area (Å²) in [5, 5.41) is 18.0. The molecule has 1 aliphatic carbocycles. The number of aliphatic carboxylic acids is 1. The van der Waals surface area contributed by atoms with Crippen LogP contribution in [0.2, 0.25) is 0 Å². The van der Waals surface area contributed by atoms with Crippen LogP contribution in [0.25, 0.3) is 0 Å². The van der Waals surface area contributed by atoms with Crippen molar-refractivity contribution in [1.29, 1.82) is 0 Å². The third kappa shape index (κ3) is 2.20. The fourth-order valence-corrected chi connectivity index (χ4v) is 3.09. The summed E-state index contributed by atoms with van der Waals surface area (Å²) in [6.07, 6.45) is 5.07. The van der Waals surface area contributed by atoms with Crippen LogP contribution in [-0.4, -0.2) is 46.7 Å². The molecule has 0 spiro atoms. The molecule has 94 valence electrons. The standard InChI is InChI=1S/C12H17NO4/c14-8-12-5-1-2-9(12)6-13(7-12)10(15)3-4-11(16)17/h3-4,9,14H,1-2,5-8H2,(H,16,17)/b4-3+/t9-,12+/m0/s1. The van der Waals surface area contributed by atoms with Gasteiger partial charge in [-0.3, -0.25) is 4.79 Å². The molecule has 17 heavy (non-hydrogen) atoms. The number of carbonyl (C=O) groups excluding carboxylic acids is 1. The maximum absolute atomic E-state index is 11.7. The van der Waals surface area contributed by atoms with Crippen LogP contribution in [0.1, 0.15) is 19.3 Å². The van der Waals surface area contributed by atoms with Gasteiger partial charge in [0.05, 0.1) is 6.61 Å². The summed E-state index contributed by atoms with van der Waals surface area (Å²) < 4.78 is 0. The summed E-state index contributed by atoms with van der Waals surface area (Å²) in [4.78, 5) is 23.7. The highest BCUT2D eigenvalue weighted by Crippen LogP contribution is 2.48. The third-order valence-electron chi connectivity index (χ3n) is 4.03. The third-order valence-corrected chi connectivity index (χ3v) is 4.03. The second-order valence-electron chi connectivity index (χ2n) is 5.00. The van der Waals surface area contributed by atoms with Gasteiger partial charge >= 0.3 is 5.97 Å². The Morgan fingerprint density at radius 2 is 2.18 bits per heavy atom. The molecule has 1 saturated carbocycles. The number of likely N-dealkylation sites (tertiary alicyclic amines) is 1. The molecule has 0 aromatic carbocycles. The monoisotopic (exact) mass is 239 g/mol. The summed E-state index contributed by atoms with van der Waals surface area (Å²) in [5.41, 5.74) is -0.132. The Morgan fingerprint density at radius 3 is 2.76 bits per heavy atom. The second-order valence-corrected chi connectivity index (χ2v) is 5.00. The highest BCUT2D eigenvalue weighted by Gasteiger charge is 2.49. The number of aliphatic hydroxyl groups excluding tert-OH is 1. The predicted molar refractivity (Wildman–Crippen MR) is 60.2 cm³/mol. The summed E-state index contributed by atoms with van der Waals surface area (Å²) in [6, 6.07) is 0. The average Bonchev–Trinajstić information content (AvgIpc) is 2.82. The number of fused-ring (bicyclic) bond motifs is 1. The number of carbonyl (C=O) groups is 2. The van der Waals surface area contributed by atoms with E-state index in [-0.39, 0.29) is 17.9 Å². The van der Waals surface area contributed by atoms with Gasteiger partial charge in [0.2, 0.25) is 5.91 Å². The number of nitrogens with zero attached hydrogens (tertiary/aromatic N) is 1. The van der Waals surface area contributed by atoms with Gasteiger partial charge in [-0.05, 0) is 18.8 Å². The highest BCUT2D eigenvalue weighted by atomic mass is 16.4. The fraction of sp³-hybridized carbons (Fsp3) is 0.667. The first-order valence-electron chi connectivity index (χ1n) is 5.88. The normalized spacial score (nSPS) is 32.1. The first-order chi connectivity index (χ1) is 8.07. The number of hydrogen-bond acceptors (Lipinski definition) is 3. The molecule has 0 unspecified atom stereocenters. The van der Waals surface area contributed by atoms with Gasteiger partial charge in [-0.1, -0.05) is 6.42 Å². The molecule has 1 amide bonds. The van der Waals surface area contributed by atoms with Crippen LogP contribution in [0, 0.1) is 11.3 Å². The van der Waals surface area contributed by atoms with Gasteiger partial charge in [0.25, 0.3) is 0 Å². The van der Waals surface area contributed by atoms with Gasteiger partial charge in [0.15, 0.2) is 0 Å². The minimum Gasteiger partial charge on any atom is -0.478 e. The van der Waals surface area contributed by atoms with Gasteiger partial charge in [-0.2, -0.15) is 0 Å². The van der Waals surface area contributed by atoms with Gasteiger partial charge in [-0.25, -0.2) is 4.79 Å². The Balaban J connectivity index is 2.02. The van der Waals surface area contributed by atoms with Crippen molar-refractivity contribution >= 4 is 11.9 Å². The van der Waals surface area contributed by atoms with Crippen molar-refractivity contribution in [2.45, 2.75) is 19.3 Å². The van der Waals surface area contributed by atoms with Crippen LogP contribution >= 0.6 is 0 Å². The number of amides is 1. The number of aliphatic hydroxyl groups is 1. The van der Waals surface area contributed by atoms with E-state index in [1.54, 1.807) is 4.90 Å². The van der Waals surface area contributed by atoms with E-state index < -0.39 is 5.97 Å². The average molecular weight is 239 g/mol. The Bertz CT molecular complexity index is 366. The largest absolute Gasteiger partial charge is 0.478 e. The molecule has 2 N–H and O–H groups in total. The number of rotatable bonds is 3. The van der Waals surface area contributed by atoms with E-state index in [0.717, 1.165) is 31.4 Å². The lowest BCUT2D eigenvalue weighted by molar-refractivity contribution is -0.132. The van der Waals surface area contributed by atoms with Crippen molar-refractivity contribution in [2.24, 2.45) is 11.3 Å². The van der Waals surface area contributed by atoms with Crippen molar-refractivity contribution < 1.29 is 19.8 Å². The molecule has 2 fully saturated rings. The number of carboxylic acid groups (broad SMARTS) is 1. The maximum atomic E-state index is 11.7. The Kier molecular flexibility index (Phi) is 3.19. The molecule has 2 rings (SSSR count). The highest BCUT2D eigenvalue weighted by molar-refractivity contribution is 5.94. The SMILES string of the molecule is O=C(O)/C=C/C(=O)N1C[C@@H]2CCC[C@]2(CO)C1. The lowest BCUT2D eigenvalue weighted by Gasteiger charge is -2.25. The smallest absolute Gasteiger partial charge is 0.328 e. The van der Waals surface area contributed by atoms with E-state index in [0.29, 0.717) is 19.0 Å². The Morgan fingerprint density at radius 1 is 1.41 bits per heavy atom. The quantitative estimate of drug-likeness (QED) is 0.692. The minimum absolute atomic E-state index is 0.115. The molecule has 5 nitrogen and oxygen atoms in total. The van der Waals surface area contributed by atoms with E-state index in [2.05, 4.69) is 0 Å². The molecule has 0 bridgehead atoms. The predicted octanol–water partition coefficient (Wildman–Crippen LogP) is 0.248. The molecule has 0 radical (unpaired) electrons. The van der Waals surface area contributed by atoms with Crippen LogP contribution in [0.4, 0.5) is 0 Å². The van der Waals surface area contributed by atoms with Gasteiger partial charge in [0, 0.05) is 30.7 Å². The van der Waals surface area contributed by atoms with Crippen molar-refractivity contribution in [3.05, 3.63) is 12.2 Å². The Labute approximate surface area is 99.7 Å². The van der Waals surface area contributed by atoms with E-state index >= 15 is 0 Å². The van der Waals surface area contributed by atoms with Crippen LogP contribution < -0.4 is 0 Å². The fourth-order valence-electron chi connectivity index (χ4n) is 3.09. The number of carboxylic acids is 1. The van der Waals surface area contributed by atoms with Gasteiger partial charge < -0.3 is 15.1 Å². The zero-order chi connectivity index (χ0) is 12.5. The lowest BCUT2D eigenvalue weighted by atomic mass is 9.82. The zero-order valence-electron chi connectivity index (χ0n) is 9.63. The molecular formula is C12H17NO4. The van der Waals surface area contributed by atoms with Crippen LogP contribution in [0.15, 0.2) is 12.2 Å². The molecule has 0 aromatic rings. The lowest BCUT2D eigenvalue weighted by Crippen LogP contribution is -2.33. The molecule has 2 atom stereocenters. The molecule has 1 saturated heterocycles. The zero-order valence-corrected chi connectivity index (χ0v) is 9.63. The summed E-state index contributed by atoms with van der Waals surface area (Å²) in [6.45, 7) is 1.31. The van der Waals surface area contributed by atoms with Crippen molar-refractivity contribution in [3.63, 3.8) is 0 Å². The summed E-state index contributed by atoms with van der Waals surface area (Å²) >= 11 is 0. The first-order valence-corrected chi connectivity index (χ1v) is 5.88. The van der Waals surface area contributed by atoms with Gasteiger partial charge in [-0.15, -0.1) is 0 Å². The van der Waals surface area contributed by atoms with E-state index in [1.165, 1.54) is 0 Å². The summed E-state index contributed by atoms with van der Waals surface area (Å²) in [5.74, 6) is -1.01. The van der Waals surface area contributed by atoms with Crippen LogP contribution in [0.5, 0.6) is 0 Å². The second kappa shape index (κ2) is 4.49. The van der Waals surface area contributed by atoms with Crippen LogP contribution in [-0.2, 0) is 9.59 Å². The summed E-state index contributed by atoms with van der Waals surface area (Å²) in [7, 11) is 0. The van der Waals surface area contributed by atoms with Crippen molar-refractivity contribution in [2.75, 3.05) is 19.7 Å². The molecule has 1 heterocycles. The molecule has 5 heteroatoms. The van der Waals surface area contributed by atoms with E-state index in [4.69, 9.17) is 5.11 Å². The minimum atomic E-state index is -1.12. The topological polar surface area (TPSA) is 77.8 Å². The molecule has 0 aromatic heterocycles. The van der Waals surface area contributed by atoms with Crippen molar-refractivity contribution in [3.8, 4) is 0 Å². The number of hydrogen-bond donors (Lipinski definition) is 2. The Hall–Kier alpha value is -1.36. The first kappa shape index (κ1) is 12.1. The molecular weight excluding hydrogens is 222 g/mol. The van der Waals surface area contributed by atoms with Crippen LogP contribution in [0.3, 0.4) is 0 Å². The molecule has 1 aliphatic heterocycles.